The van der Waals surface area contributed by atoms with E-state index in [2.05, 4.69) is 55.3 Å². The number of hydrogen-bond donors (Lipinski definition) is 1. The number of carbonyl (C=O) groups is 1. The van der Waals surface area contributed by atoms with Crippen LogP contribution in [0.2, 0.25) is 0 Å². The van der Waals surface area contributed by atoms with Gasteiger partial charge in [-0.2, -0.15) is 0 Å². The van der Waals surface area contributed by atoms with Gasteiger partial charge in [0, 0.05) is 25.1 Å². The first-order valence-corrected chi connectivity index (χ1v) is 10.5. The van der Waals surface area contributed by atoms with Crippen LogP contribution in [0, 0.1) is 0 Å². The van der Waals surface area contributed by atoms with Crippen LogP contribution < -0.4 is 5.32 Å². The van der Waals surface area contributed by atoms with Crippen molar-refractivity contribution < 1.29 is 9.53 Å². The summed E-state index contributed by atoms with van der Waals surface area (Å²) >= 11 is 1.60. The van der Waals surface area contributed by atoms with Gasteiger partial charge in [-0.15, -0.1) is 11.8 Å². The van der Waals surface area contributed by atoms with Crippen molar-refractivity contribution in [3.8, 4) is 0 Å². The Kier molecular flexibility index (Phi) is 6.55. The molecule has 1 aliphatic heterocycles. The van der Waals surface area contributed by atoms with Crippen molar-refractivity contribution in [2.24, 2.45) is 0 Å². The highest BCUT2D eigenvalue weighted by molar-refractivity contribution is 7.98. The summed E-state index contributed by atoms with van der Waals surface area (Å²) in [5.74, 6) is 0.706. The van der Waals surface area contributed by atoms with Crippen LogP contribution >= 0.6 is 11.8 Å². The van der Waals surface area contributed by atoms with Crippen LogP contribution in [0.3, 0.4) is 0 Å². The van der Waals surface area contributed by atoms with E-state index >= 15 is 0 Å². The first-order chi connectivity index (χ1) is 12.9. The summed E-state index contributed by atoms with van der Waals surface area (Å²) in [6.07, 6.45) is 3.97. The molecule has 0 saturated carbocycles. The van der Waals surface area contributed by atoms with E-state index in [9.17, 15) is 4.79 Å². The van der Waals surface area contributed by atoms with Crippen LogP contribution in [0.1, 0.15) is 55.1 Å². The highest BCUT2D eigenvalue weighted by Gasteiger charge is 2.18. The standard InChI is InChI=1S/C22H28N2O2S/c1-22(2,3)17-10-8-16(9-11-17)15-27-21-19(7-4-12-23-21)20(25)24-14-18-6-5-13-26-18/h4,7-12,18H,5-6,13-15H2,1-3H3,(H,24,25). The number of amides is 1. The third-order valence-corrected chi connectivity index (χ3v) is 5.80. The largest absolute Gasteiger partial charge is 0.376 e. The average Bonchev–Trinajstić information content (AvgIpc) is 3.18. The molecule has 1 aromatic carbocycles. The number of hydrogen-bond acceptors (Lipinski definition) is 4. The number of ether oxygens (including phenoxy) is 1. The van der Waals surface area contributed by atoms with Crippen molar-refractivity contribution in [1.82, 2.24) is 10.3 Å². The summed E-state index contributed by atoms with van der Waals surface area (Å²) in [6.45, 7) is 8.00. The van der Waals surface area contributed by atoms with E-state index in [1.165, 1.54) is 11.1 Å². The molecule has 1 aliphatic rings. The number of benzene rings is 1. The maximum Gasteiger partial charge on any atom is 0.254 e. The molecule has 0 aliphatic carbocycles. The van der Waals surface area contributed by atoms with Gasteiger partial charge in [0.1, 0.15) is 5.03 Å². The topological polar surface area (TPSA) is 51.2 Å². The van der Waals surface area contributed by atoms with Gasteiger partial charge in [0.15, 0.2) is 0 Å². The fraction of sp³-hybridized carbons (Fsp3) is 0.455. The summed E-state index contributed by atoms with van der Waals surface area (Å²) in [5.41, 5.74) is 3.33. The van der Waals surface area contributed by atoms with Crippen molar-refractivity contribution in [2.45, 2.75) is 55.9 Å². The van der Waals surface area contributed by atoms with Crippen LogP contribution in [-0.2, 0) is 15.9 Å². The summed E-state index contributed by atoms with van der Waals surface area (Å²) < 4.78 is 5.57. The Labute approximate surface area is 166 Å². The number of nitrogens with zero attached hydrogens (tertiary/aromatic N) is 1. The molecule has 2 aromatic rings. The lowest BCUT2D eigenvalue weighted by molar-refractivity contribution is 0.0855. The second kappa shape index (κ2) is 8.89. The van der Waals surface area contributed by atoms with E-state index in [1.54, 1.807) is 18.0 Å². The fourth-order valence-electron chi connectivity index (χ4n) is 3.04. The van der Waals surface area contributed by atoms with Gasteiger partial charge >= 0.3 is 0 Å². The second-order valence-corrected chi connectivity index (χ2v) is 8.90. The van der Waals surface area contributed by atoms with E-state index < -0.39 is 0 Å². The van der Waals surface area contributed by atoms with Crippen LogP contribution in [-0.4, -0.2) is 30.1 Å². The van der Waals surface area contributed by atoms with Crippen molar-refractivity contribution >= 4 is 17.7 Å². The van der Waals surface area contributed by atoms with Crippen LogP contribution in [0.15, 0.2) is 47.6 Å². The normalized spacial score (nSPS) is 17.1. The maximum atomic E-state index is 12.6. The third kappa shape index (κ3) is 5.56. The molecule has 0 radical (unpaired) electrons. The average molecular weight is 385 g/mol. The van der Waals surface area contributed by atoms with Gasteiger partial charge in [-0.05, 0) is 41.5 Å². The minimum atomic E-state index is -0.0795. The van der Waals surface area contributed by atoms with E-state index in [0.29, 0.717) is 12.1 Å². The predicted molar refractivity (Wildman–Crippen MR) is 110 cm³/mol. The molecule has 0 spiro atoms. The Hall–Kier alpha value is -1.85. The lowest BCUT2D eigenvalue weighted by Crippen LogP contribution is -2.32. The number of pyridine rings is 1. The van der Waals surface area contributed by atoms with E-state index in [-0.39, 0.29) is 17.4 Å². The van der Waals surface area contributed by atoms with Crippen molar-refractivity contribution in [1.29, 1.82) is 0 Å². The molecule has 1 saturated heterocycles. The van der Waals surface area contributed by atoms with Crippen LogP contribution in [0.4, 0.5) is 0 Å². The molecule has 144 valence electrons. The number of thioether (sulfide) groups is 1. The molecular formula is C22H28N2O2S. The summed E-state index contributed by atoms with van der Waals surface area (Å²) in [7, 11) is 0. The van der Waals surface area contributed by atoms with E-state index in [0.717, 1.165) is 30.2 Å². The summed E-state index contributed by atoms with van der Waals surface area (Å²) in [4.78, 5) is 17.0. The minimum absolute atomic E-state index is 0.0795. The van der Waals surface area contributed by atoms with Gasteiger partial charge in [-0.25, -0.2) is 4.98 Å². The number of aromatic nitrogens is 1. The van der Waals surface area contributed by atoms with Crippen LogP contribution in [0.25, 0.3) is 0 Å². The van der Waals surface area contributed by atoms with Crippen molar-refractivity contribution in [2.75, 3.05) is 13.2 Å². The predicted octanol–water partition coefficient (Wildman–Crippen LogP) is 4.58. The monoisotopic (exact) mass is 384 g/mol. The first-order valence-electron chi connectivity index (χ1n) is 9.50. The maximum absolute atomic E-state index is 12.6. The highest BCUT2D eigenvalue weighted by atomic mass is 32.2. The lowest BCUT2D eigenvalue weighted by atomic mass is 9.87. The Morgan fingerprint density at radius 3 is 2.70 bits per heavy atom. The Morgan fingerprint density at radius 2 is 2.04 bits per heavy atom. The number of nitrogens with one attached hydrogen (secondary N) is 1. The van der Waals surface area contributed by atoms with Gasteiger partial charge < -0.3 is 10.1 Å². The molecule has 1 N–H and O–H groups in total. The summed E-state index contributed by atoms with van der Waals surface area (Å²) in [6, 6.07) is 12.3. The molecule has 1 aromatic heterocycles. The highest BCUT2D eigenvalue weighted by Crippen LogP contribution is 2.27. The number of rotatable bonds is 6. The molecular weight excluding hydrogens is 356 g/mol. The van der Waals surface area contributed by atoms with Gasteiger partial charge in [0.05, 0.1) is 11.7 Å². The fourth-order valence-corrected chi connectivity index (χ4v) is 3.99. The van der Waals surface area contributed by atoms with Crippen molar-refractivity contribution in [3.63, 3.8) is 0 Å². The SMILES string of the molecule is CC(C)(C)c1ccc(CSc2ncccc2C(=O)NCC2CCCO2)cc1. The molecule has 2 heterocycles. The molecule has 5 heteroatoms. The first kappa shape index (κ1) is 19.9. The summed E-state index contributed by atoms with van der Waals surface area (Å²) in [5, 5.41) is 3.75. The second-order valence-electron chi connectivity index (χ2n) is 7.94. The lowest BCUT2D eigenvalue weighted by Gasteiger charge is -2.19. The Balaban J connectivity index is 1.61. The zero-order valence-corrected chi connectivity index (χ0v) is 17.1. The molecule has 3 rings (SSSR count). The van der Waals surface area contributed by atoms with Gasteiger partial charge in [0.2, 0.25) is 0 Å². The molecule has 1 unspecified atom stereocenters. The molecule has 0 bridgehead atoms. The van der Waals surface area contributed by atoms with Gasteiger partial charge in [-0.3, -0.25) is 4.79 Å². The third-order valence-electron chi connectivity index (χ3n) is 4.73. The van der Waals surface area contributed by atoms with E-state index in [1.807, 2.05) is 12.1 Å². The Morgan fingerprint density at radius 1 is 1.26 bits per heavy atom. The molecule has 4 nitrogen and oxygen atoms in total. The van der Waals surface area contributed by atoms with Gasteiger partial charge in [-0.1, -0.05) is 45.0 Å². The van der Waals surface area contributed by atoms with Crippen molar-refractivity contribution in [3.05, 3.63) is 59.3 Å². The van der Waals surface area contributed by atoms with Crippen LogP contribution in [0.5, 0.6) is 0 Å². The minimum Gasteiger partial charge on any atom is -0.376 e. The molecule has 27 heavy (non-hydrogen) atoms. The quantitative estimate of drug-likeness (QED) is 0.741. The van der Waals surface area contributed by atoms with E-state index in [4.69, 9.17) is 4.74 Å². The molecule has 1 atom stereocenters. The smallest absolute Gasteiger partial charge is 0.254 e. The molecule has 1 amide bonds. The zero-order chi connectivity index (χ0) is 19.3. The zero-order valence-electron chi connectivity index (χ0n) is 16.3. The molecule has 1 fully saturated rings. The van der Waals surface area contributed by atoms with Gasteiger partial charge in [0.25, 0.3) is 5.91 Å². The Bertz CT molecular complexity index is 763. The number of carbonyl (C=O) groups excluding carboxylic acids is 1.